The molecule has 5 rings (SSSR count). The van der Waals surface area contributed by atoms with Crippen molar-refractivity contribution in [2.24, 2.45) is 5.92 Å². The van der Waals surface area contributed by atoms with Gasteiger partial charge in [0, 0.05) is 18.5 Å². The fourth-order valence-electron chi connectivity index (χ4n) is 5.28. The van der Waals surface area contributed by atoms with Crippen molar-refractivity contribution >= 4 is 28.6 Å². The highest BCUT2D eigenvalue weighted by Crippen LogP contribution is 2.31. The lowest BCUT2D eigenvalue weighted by molar-refractivity contribution is -0.148. The Morgan fingerprint density at radius 1 is 1.06 bits per heavy atom. The summed E-state index contributed by atoms with van der Waals surface area (Å²) in [6, 6.07) is 15.7. The van der Waals surface area contributed by atoms with Crippen LogP contribution < -0.4 is 15.9 Å². The molecule has 1 aliphatic carbocycles. The highest BCUT2D eigenvalue weighted by Gasteiger charge is 2.28. The van der Waals surface area contributed by atoms with Crippen LogP contribution in [-0.4, -0.2) is 41.1 Å². The minimum absolute atomic E-state index is 0.0337. The van der Waals surface area contributed by atoms with Crippen LogP contribution in [-0.2, 0) is 27.3 Å². The number of anilines is 1. The first-order valence-electron chi connectivity index (χ1n) is 12.3. The van der Waals surface area contributed by atoms with E-state index in [1.54, 1.807) is 0 Å². The standard InChI is InChI=1S/C27H30N4O4/c1-2-35-26(33)19-13-15-30(16-14-19)25-21-9-5-6-10-23(21)31(27(34)29-25)17-24(32)28-22-12-11-18-7-3-4-8-20(18)22/h3-10,19,22H,2,11-17H2,1H3,(H,28,32)/t22-/m0/s1. The number of aryl methyl sites for hydroxylation is 1. The smallest absolute Gasteiger partial charge is 0.350 e. The lowest BCUT2D eigenvalue weighted by Crippen LogP contribution is -2.40. The Hall–Kier alpha value is -3.68. The van der Waals surface area contributed by atoms with Crippen molar-refractivity contribution in [3.05, 3.63) is 70.1 Å². The zero-order valence-corrected chi connectivity index (χ0v) is 19.9. The minimum Gasteiger partial charge on any atom is -0.466 e. The Morgan fingerprint density at radius 3 is 2.60 bits per heavy atom. The molecular weight excluding hydrogens is 444 g/mol. The van der Waals surface area contributed by atoms with Crippen LogP contribution in [0.5, 0.6) is 0 Å². The number of carbonyl (C=O) groups excluding carboxylic acids is 2. The molecular formula is C27H30N4O4. The van der Waals surface area contributed by atoms with E-state index in [1.165, 1.54) is 10.1 Å². The first kappa shape index (κ1) is 23.1. The maximum absolute atomic E-state index is 13.1. The third-order valence-corrected chi connectivity index (χ3v) is 7.05. The highest BCUT2D eigenvalue weighted by atomic mass is 16.5. The summed E-state index contributed by atoms with van der Waals surface area (Å²) in [5, 5.41) is 3.92. The molecule has 35 heavy (non-hydrogen) atoms. The Bertz CT molecular complexity index is 1310. The Morgan fingerprint density at radius 2 is 1.80 bits per heavy atom. The van der Waals surface area contributed by atoms with Gasteiger partial charge in [0.15, 0.2) is 0 Å². The average molecular weight is 475 g/mol. The molecule has 1 saturated heterocycles. The van der Waals surface area contributed by atoms with Gasteiger partial charge in [-0.15, -0.1) is 0 Å². The number of nitrogens with one attached hydrogen (secondary N) is 1. The van der Waals surface area contributed by atoms with Crippen molar-refractivity contribution < 1.29 is 14.3 Å². The quantitative estimate of drug-likeness (QED) is 0.552. The van der Waals surface area contributed by atoms with E-state index in [9.17, 15) is 14.4 Å². The number of carbonyl (C=O) groups is 2. The topological polar surface area (TPSA) is 93.5 Å². The molecule has 1 atom stereocenters. The van der Waals surface area contributed by atoms with Crippen molar-refractivity contribution in [2.45, 2.75) is 45.2 Å². The normalized spacial score (nSPS) is 17.9. The van der Waals surface area contributed by atoms with Crippen LogP contribution in [0.2, 0.25) is 0 Å². The summed E-state index contributed by atoms with van der Waals surface area (Å²) in [5.41, 5.74) is 2.64. The number of ether oxygens (including phenoxy) is 1. The number of fused-ring (bicyclic) bond motifs is 2. The molecule has 0 spiro atoms. The first-order valence-corrected chi connectivity index (χ1v) is 12.3. The third-order valence-electron chi connectivity index (χ3n) is 7.05. The molecule has 0 bridgehead atoms. The van der Waals surface area contributed by atoms with E-state index in [2.05, 4.69) is 27.3 Å². The molecule has 3 aromatic rings. The van der Waals surface area contributed by atoms with E-state index in [1.807, 2.05) is 43.3 Å². The summed E-state index contributed by atoms with van der Waals surface area (Å²) in [4.78, 5) is 44.6. The van der Waals surface area contributed by atoms with Crippen LogP contribution in [0.1, 0.15) is 43.4 Å². The summed E-state index contributed by atoms with van der Waals surface area (Å²) in [7, 11) is 0. The minimum atomic E-state index is -0.451. The number of rotatable bonds is 6. The van der Waals surface area contributed by atoms with E-state index in [0.29, 0.717) is 43.9 Å². The van der Waals surface area contributed by atoms with E-state index in [-0.39, 0.29) is 30.4 Å². The molecule has 1 aliphatic heterocycles. The van der Waals surface area contributed by atoms with Crippen molar-refractivity contribution in [3.8, 4) is 0 Å². The lowest BCUT2D eigenvalue weighted by Gasteiger charge is -2.32. The second-order valence-electron chi connectivity index (χ2n) is 9.19. The number of amides is 1. The second kappa shape index (κ2) is 9.90. The van der Waals surface area contributed by atoms with Crippen molar-refractivity contribution in [1.82, 2.24) is 14.9 Å². The number of hydrogen-bond acceptors (Lipinski definition) is 6. The van der Waals surface area contributed by atoms with E-state index >= 15 is 0 Å². The molecule has 2 aromatic carbocycles. The number of aromatic nitrogens is 2. The molecule has 2 aliphatic rings. The molecule has 8 nitrogen and oxygen atoms in total. The Labute approximate surface area is 203 Å². The van der Waals surface area contributed by atoms with Gasteiger partial charge >= 0.3 is 11.7 Å². The van der Waals surface area contributed by atoms with Gasteiger partial charge in [0.05, 0.1) is 24.1 Å². The fourth-order valence-corrected chi connectivity index (χ4v) is 5.28. The predicted octanol–water partition coefficient (Wildman–Crippen LogP) is 2.98. The number of hydrogen-bond donors (Lipinski definition) is 1. The van der Waals surface area contributed by atoms with Gasteiger partial charge in [-0.3, -0.25) is 14.2 Å². The summed E-state index contributed by atoms with van der Waals surface area (Å²) < 4.78 is 6.61. The molecule has 0 saturated carbocycles. The van der Waals surface area contributed by atoms with Gasteiger partial charge in [-0.25, -0.2) is 4.79 Å². The van der Waals surface area contributed by atoms with Gasteiger partial charge < -0.3 is 15.0 Å². The zero-order chi connectivity index (χ0) is 24.4. The largest absolute Gasteiger partial charge is 0.466 e. The molecule has 8 heteroatoms. The second-order valence-corrected chi connectivity index (χ2v) is 9.19. The summed E-state index contributed by atoms with van der Waals surface area (Å²) in [6.45, 7) is 3.34. The van der Waals surface area contributed by atoms with Crippen LogP contribution in [0.4, 0.5) is 5.82 Å². The van der Waals surface area contributed by atoms with E-state index < -0.39 is 5.69 Å². The first-order chi connectivity index (χ1) is 17.0. The molecule has 182 valence electrons. The Kier molecular flexibility index (Phi) is 6.53. The van der Waals surface area contributed by atoms with Crippen molar-refractivity contribution in [2.75, 3.05) is 24.6 Å². The molecule has 0 radical (unpaired) electrons. The molecule has 1 amide bonds. The summed E-state index contributed by atoms with van der Waals surface area (Å²) >= 11 is 0. The zero-order valence-electron chi connectivity index (χ0n) is 19.9. The van der Waals surface area contributed by atoms with Gasteiger partial charge in [-0.05, 0) is 55.9 Å². The molecule has 1 N–H and O–H groups in total. The maximum Gasteiger partial charge on any atom is 0.350 e. The van der Waals surface area contributed by atoms with Crippen LogP contribution >= 0.6 is 0 Å². The molecule has 1 fully saturated rings. The molecule has 2 heterocycles. The monoisotopic (exact) mass is 474 g/mol. The van der Waals surface area contributed by atoms with Crippen molar-refractivity contribution in [1.29, 1.82) is 0 Å². The number of esters is 1. The SMILES string of the molecule is CCOC(=O)C1CCN(c2nc(=O)n(CC(=O)N[C@H]3CCc4ccccc43)c3ccccc23)CC1. The van der Waals surface area contributed by atoms with E-state index in [0.717, 1.165) is 23.8 Å². The van der Waals surface area contributed by atoms with E-state index in [4.69, 9.17) is 4.74 Å². The van der Waals surface area contributed by atoms with Crippen LogP contribution in [0.3, 0.4) is 0 Å². The van der Waals surface area contributed by atoms with Gasteiger partial charge in [-0.1, -0.05) is 36.4 Å². The predicted molar refractivity (Wildman–Crippen MR) is 133 cm³/mol. The van der Waals surface area contributed by atoms with Crippen LogP contribution in [0.15, 0.2) is 53.3 Å². The summed E-state index contributed by atoms with van der Waals surface area (Å²) in [6.07, 6.45) is 3.11. The number of benzene rings is 2. The number of para-hydroxylation sites is 1. The van der Waals surface area contributed by atoms with Crippen molar-refractivity contribution in [3.63, 3.8) is 0 Å². The fraction of sp³-hybridized carbons (Fsp3) is 0.407. The highest BCUT2D eigenvalue weighted by molar-refractivity contribution is 5.91. The van der Waals surface area contributed by atoms with Crippen LogP contribution in [0, 0.1) is 5.92 Å². The van der Waals surface area contributed by atoms with Gasteiger partial charge in [0.2, 0.25) is 5.91 Å². The number of piperidine rings is 1. The third kappa shape index (κ3) is 4.65. The van der Waals surface area contributed by atoms with Gasteiger partial charge in [-0.2, -0.15) is 4.98 Å². The average Bonchev–Trinajstić information content (AvgIpc) is 3.28. The Balaban J connectivity index is 1.35. The number of nitrogens with zero attached hydrogens (tertiary/aromatic N) is 3. The van der Waals surface area contributed by atoms with Crippen LogP contribution in [0.25, 0.3) is 10.9 Å². The molecule has 1 aromatic heterocycles. The summed E-state index contributed by atoms with van der Waals surface area (Å²) in [5.74, 6) is 0.122. The van der Waals surface area contributed by atoms with Gasteiger partial charge in [0.1, 0.15) is 12.4 Å². The lowest BCUT2D eigenvalue weighted by atomic mass is 9.97. The van der Waals surface area contributed by atoms with Gasteiger partial charge in [0.25, 0.3) is 0 Å². The maximum atomic E-state index is 13.1. The molecule has 0 unspecified atom stereocenters.